The minimum atomic E-state index is -0.389. The predicted molar refractivity (Wildman–Crippen MR) is 93.0 cm³/mol. The lowest BCUT2D eigenvalue weighted by atomic mass is 9.83. The van der Waals surface area contributed by atoms with Gasteiger partial charge in [-0.15, -0.1) is 0 Å². The molecule has 0 bridgehead atoms. The van der Waals surface area contributed by atoms with Crippen LogP contribution in [0.15, 0.2) is 89.2 Å². The number of benzene rings is 1. The van der Waals surface area contributed by atoms with Crippen LogP contribution in [-0.4, -0.2) is 7.11 Å². The first-order valence-electron chi connectivity index (χ1n) is 7.59. The van der Waals surface area contributed by atoms with E-state index in [0.717, 1.165) is 16.9 Å². The molecule has 3 rings (SSSR count). The third-order valence-corrected chi connectivity index (χ3v) is 4.01. The molecule has 2 aliphatic rings. The van der Waals surface area contributed by atoms with Crippen LogP contribution >= 0.6 is 0 Å². The van der Waals surface area contributed by atoms with Gasteiger partial charge < -0.3 is 4.74 Å². The Morgan fingerprint density at radius 3 is 2.74 bits per heavy atom. The zero-order valence-corrected chi connectivity index (χ0v) is 13.0. The van der Waals surface area contributed by atoms with Gasteiger partial charge in [-0.3, -0.25) is 0 Å². The van der Waals surface area contributed by atoms with Gasteiger partial charge in [0.25, 0.3) is 0 Å². The molecule has 0 spiro atoms. The van der Waals surface area contributed by atoms with Gasteiger partial charge in [0.1, 0.15) is 11.8 Å². The molecule has 0 heterocycles. The highest BCUT2D eigenvalue weighted by atomic mass is 16.5. The molecule has 0 saturated heterocycles. The molecule has 0 saturated carbocycles. The summed E-state index contributed by atoms with van der Waals surface area (Å²) in [5.74, 6) is 1.96. The van der Waals surface area contributed by atoms with Crippen molar-refractivity contribution in [2.24, 2.45) is 5.18 Å². The lowest BCUT2D eigenvalue weighted by molar-refractivity contribution is 0.414. The van der Waals surface area contributed by atoms with Crippen LogP contribution < -0.4 is 4.74 Å². The average molecular weight is 304 g/mol. The van der Waals surface area contributed by atoms with Gasteiger partial charge in [-0.25, -0.2) is 0 Å². The Balaban J connectivity index is 1.75. The first-order valence-corrected chi connectivity index (χ1v) is 7.59. The highest BCUT2D eigenvalue weighted by Crippen LogP contribution is 2.34. The van der Waals surface area contributed by atoms with Crippen LogP contribution in [0.3, 0.4) is 0 Å². The van der Waals surface area contributed by atoms with E-state index in [2.05, 4.69) is 35.6 Å². The molecular weight excluding hydrogens is 286 g/mol. The summed E-state index contributed by atoms with van der Waals surface area (Å²) in [4.78, 5) is 11.2. The van der Waals surface area contributed by atoms with E-state index in [1.165, 1.54) is 11.5 Å². The number of hydrogen-bond donors (Lipinski definition) is 0. The summed E-state index contributed by atoms with van der Waals surface area (Å²) in [7, 11) is 1.62. The number of nitrogens with zero attached hydrogens (tertiary/aromatic N) is 1. The number of nitroso groups, excluding NO2 is 1. The van der Waals surface area contributed by atoms with E-state index in [4.69, 9.17) is 4.74 Å². The molecule has 3 nitrogen and oxygen atoms in total. The van der Waals surface area contributed by atoms with E-state index in [0.29, 0.717) is 6.42 Å². The predicted octanol–water partition coefficient (Wildman–Crippen LogP) is 5.02. The fourth-order valence-electron chi connectivity index (χ4n) is 2.73. The summed E-state index contributed by atoms with van der Waals surface area (Å²) < 4.78 is 5.14. The van der Waals surface area contributed by atoms with Crippen LogP contribution in [0.2, 0.25) is 0 Å². The largest absolute Gasteiger partial charge is 0.497 e. The van der Waals surface area contributed by atoms with E-state index in [1.54, 1.807) is 7.11 Å². The van der Waals surface area contributed by atoms with E-state index in [1.807, 2.05) is 42.5 Å². The molecule has 2 aliphatic carbocycles. The number of rotatable bonds is 5. The molecule has 3 heteroatoms. The van der Waals surface area contributed by atoms with Crippen molar-refractivity contribution in [3.8, 4) is 5.75 Å². The van der Waals surface area contributed by atoms with Crippen molar-refractivity contribution in [2.45, 2.75) is 12.5 Å². The molecule has 0 radical (unpaired) electrons. The van der Waals surface area contributed by atoms with Crippen LogP contribution in [0.25, 0.3) is 0 Å². The fourth-order valence-corrected chi connectivity index (χ4v) is 2.73. The standard InChI is InChI=1S/C20H18NO2/c1-23-18-12-9-17(10-13-18)20(21-22)14-11-16-7-4-6-15-5-2-3-8-19(15)16/h2-13,20H,14H2,1H3/q+1. The van der Waals surface area contributed by atoms with E-state index in [9.17, 15) is 4.91 Å². The van der Waals surface area contributed by atoms with Gasteiger partial charge in [0.15, 0.2) is 0 Å². The van der Waals surface area contributed by atoms with Crippen molar-refractivity contribution in [2.75, 3.05) is 7.11 Å². The Morgan fingerprint density at radius 2 is 2.00 bits per heavy atom. The minimum Gasteiger partial charge on any atom is -0.497 e. The van der Waals surface area contributed by atoms with E-state index >= 15 is 0 Å². The third-order valence-electron chi connectivity index (χ3n) is 4.01. The number of fused-ring (bicyclic) bond motifs is 1. The Bertz CT molecular complexity index is 721. The molecule has 1 aromatic rings. The molecule has 0 aromatic heterocycles. The normalized spacial score (nSPS) is 18.6. The van der Waals surface area contributed by atoms with Crippen LogP contribution in [0.1, 0.15) is 18.0 Å². The first kappa shape index (κ1) is 15.1. The molecule has 0 aliphatic heterocycles. The molecule has 1 aromatic carbocycles. The number of hydrogen-bond acceptors (Lipinski definition) is 3. The van der Waals surface area contributed by atoms with Gasteiger partial charge in [-0.05, 0) is 42.0 Å². The maximum absolute atomic E-state index is 11.2. The van der Waals surface area contributed by atoms with Crippen molar-refractivity contribution in [1.82, 2.24) is 0 Å². The van der Waals surface area contributed by atoms with Crippen LogP contribution in [0.4, 0.5) is 0 Å². The smallest absolute Gasteiger partial charge is 0.126 e. The lowest BCUT2D eigenvalue weighted by Gasteiger charge is -2.15. The summed E-state index contributed by atoms with van der Waals surface area (Å²) in [5, 5.41) is 3.29. The van der Waals surface area contributed by atoms with Gasteiger partial charge >= 0.3 is 0 Å². The Morgan fingerprint density at radius 1 is 1.17 bits per heavy atom. The SMILES string of the molecule is COc1ccc(C(CC=C2C=CC=C3C=CC=C[C+]32)N=O)cc1. The fraction of sp³-hybridized carbons (Fsp3) is 0.150. The van der Waals surface area contributed by atoms with E-state index < -0.39 is 0 Å². The molecular formula is C20H18NO2+. The number of ether oxygens (including phenoxy) is 1. The molecule has 23 heavy (non-hydrogen) atoms. The van der Waals surface area contributed by atoms with Gasteiger partial charge in [0.05, 0.1) is 24.2 Å². The second kappa shape index (κ2) is 6.97. The van der Waals surface area contributed by atoms with Crippen LogP contribution in [0, 0.1) is 10.8 Å². The minimum absolute atomic E-state index is 0.389. The number of allylic oxidation sites excluding steroid dienone is 9. The quantitative estimate of drug-likeness (QED) is 0.566. The Labute approximate surface area is 136 Å². The van der Waals surface area contributed by atoms with Gasteiger partial charge in [0, 0.05) is 30.7 Å². The van der Waals surface area contributed by atoms with Crippen LogP contribution in [-0.2, 0) is 0 Å². The molecule has 0 N–H and O–H groups in total. The van der Waals surface area contributed by atoms with Gasteiger partial charge in [-0.1, -0.05) is 17.3 Å². The highest BCUT2D eigenvalue weighted by Gasteiger charge is 2.24. The van der Waals surface area contributed by atoms with Crippen molar-refractivity contribution in [1.29, 1.82) is 0 Å². The third kappa shape index (κ3) is 3.34. The lowest BCUT2D eigenvalue weighted by Crippen LogP contribution is -2.05. The summed E-state index contributed by atoms with van der Waals surface area (Å²) in [6, 6.07) is 7.10. The number of methoxy groups -OCH3 is 1. The molecule has 1 atom stereocenters. The zero-order chi connectivity index (χ0) is 16.1. The average Bonchev–Trinajstić information content (AvgIpc) is 2.63. The van der Waals surface area contributed by atoms with Gasteiger partial charge in [-0.2, -0.15) is 4.91 Å². The Kier molecular flexibility index (Phi) is 4.57. The van der Waals surface area contributed by atoms with Gasteiger partial charge in [0.2, 0.25) is 0 Å². The molecule has 0 amide bonds. The van der Waals surface area contributed by atoms with Crippen LogP contribution in [0.5, 0.6) is 5.75 Å². The maximum Gasteiger partial charge on any atom is 0.126 e. The summed E-state index contributed by atoms with van der Waals surface area (Å²) in [5.41, 5.74) is 3.23. The monoisotopic (exact) mass is 304 g/mol. The van der Waals surface area contributed by atoms with Crippen molar-refractivity contribution in [3.05, 3.63) is 100 Å². The molecule has 114 valence electrons. The van der Waals surface area contributed by atoms with Crippen molar-refractivity contribution >= 4 is 0 Å². The summed E-state index contributed by atoms with van der Waals surface area (Å²) in [6.07, 6.45) is 17.1. The summed E-state index contributed by atoms with van der Waals surface area (Å²) >= 11 is 0. The second-order valence-corrected chi connectivity index (χ2v) is 5.40. The Hall–Kier alpha value is -2.81. The van der Waals surface area contributed by atoms with Crippen molar-refractivity contribution in [3.63, 3.8) is 0 Å². The zero-order valence-electron chi connectivity index (χ0n) is 13.0. The topological polar surface area (TPSA) is 38.7 Å². The first-order chi connectivity index (χ1) is 11.3. The highest BCUT2D eigenvalue weighted by molar-refractivity contribution is 5.62. The van der Waals surface area contributed by atoms with E-state index in [-0.39, 0.29) is 6.04 Å². The summed E-state index contributed by atoms with van der Waals surface area (Å²) in [6.45, 7) is 0. The van der Waals surface area contributed by atoms with Crippen molar-refractivity contribution < 1.29 is 4.74 Å². The molecule has 0 fully saturated rings. The molecule has 1 unspecified atom stereocenters. The maximum atomic E-state index is 11.2. The second-order valence-electron chi connectivity index (χ2n) is 5.40.